The molecular formula is C17H18N4O4. The van der Waals surface area contributed by atoms with Crippen LogP contribution in [0.4, 0.5) is 4.79 Å². The summed E-state index contributed by atoms with van der Waals surface area (Å²) in [5.74, 6) is 0.266. The summed E-state index contributed by atoms with van der Waals surface area (Å²) in [6.45, 7) is 0.748. The summed E-state index contributed by atoms with van der Waals surface area (Å²) in [7, 11) is 0. The lowest BCUT2D eigenvalue weighted by Crippen LogP contribution is -2.32. The van der Waals surface area contributed by atoms with Gasteiger partial charge in [0, 0.05) is 12.8 Å². The highest BCUT2D eigenvalue weighted by atomic mass is 16.5. The number of amides is 1. The summed E-state index contributed by atoms with van der Waals surface area (Å²) >= 11 is 0. The van der Waals surface area contributed by atoms with Crippen molar-refractivity contribution in [1.29, 1.82) is 0 Å². The molecule has 0 saturated heterocycles. The lowest BCUT2D eigenvalue weighted by atomic mass is 10.2. The van der Waals surface area contributed by atoms with Gasteiger partial charge in [0.15, 0.2) is 0 Å². The monoisotopic (exact) mass is 342 g/mol. The average Bonchev–Trinajstić information content (AvgIpc) is 3.07. The van der Waals surface area contributed by atoms with Crippen LogP contribution < -0.4 is 11.0 Å². The normalized spacial score (nSPS) is 12.2. The summed E-state index contributed by atoms with van der Waals surface area (Å²) in [5, 5.41) is 11.4. The number of aromatic amines is 1. The van der Waals surface area contributed by atoms with Crippen molar-refractivity contribution < 1.29 is 14.6 Å². The van der Waals surface area contributed by atoms with Crippen LogP contribution >= 0.6 is 0 Å². The van der Waals surface area contributed by atoms with E-state index in [1.165, 1.54) is 4.40 Å². The molecule has 8 heteroatoms. The summed E-state index contributed by atoms with van der Waals surface area (Å²) in [4.78, 5) is 30.0. The van der Waals surface area contributed by atoms with E-state index in [0.29, 0.717) is 25.3 Å². The number of nitrogens with one attached hydrogen (secondary N) is 2. The predicted octanol–water partition coefficient (Wildman–Crippen LogP) is 1.94. The SMILES string of the molecule is O=C(O)NC(CCOCc1ccccc1)c1nc2cccn2c(=O)[nH]1. The van der Waals surface area contributed by atoms with Crippen molar-refractivity contribution in [2.45, 2.75) is 19.1 Å². The number of carbonyl (C=O) groups is 1. The number of carboxylic acid groups (broad SMARTS) is 1. The van der Waals surface area contributed by atoms with Crippen LogP contribution in [-0.2, 0) is 11.3 Å². The van der Waals surface area contributed by atoms with Gasteiger partial charge in [0.1, 0.15) is 11.5 Å². The van der Waals surface area contributed by atoms with Crippen LogP contribution in [0.1, 0.15) is 23.9 Å². The van der Waals surface area contributed by atoms with Crippen molar-refractivity contribution in [3.8, 4) is 0 Å². The second kappa shape index (κ2) is 7.63. The molecule has 8 nitrogen and oxygen atoms in total. The quantitative estimate of drug-likeness (QED) is 0.569. The highest BCUT2D eigenvalue weighted by Gasteiger charge is 2.18. The molecule has 3 rings (SSSR count). The number of fused-ring (bicyclic) bond motifs is 1. The fraction of sp³-hybridized carbons (Fsp3) is 0.235. The van der Waals surface area contributed by atoms with Gasteiger partial charge in [0.05, 0.1) is 12.6 Å². The average molecular weight is 342 g/mol. The first kappa shape index (κ1) is 16.7. The van der Waals surface area contributed by atoms with Crippen LogP contribution in [0.3, 0.4) is 0 Å². The van der Waals surface area contributed by atoms with Gasteiger partial charge in [-0.3, -0.25) is 9.38 Å². The molecule has 0 aliphatic carbocycles. The molecule has 0 aliphatic heterocycles. The Labute approximate surface area is 143 Å². The Bertz CT molecular complexity index is 904. The molecule has 0 saturated carbocycles. The molecule has 0 aliphatic rings. The third kappa shape index (κ3) is 4.24. The zero-order chi connectivity index (χ0) is 17.6. The van der Waals surface area contributed by atoms with E-state index < -0.39 is 12.1 Å². The minimum Gasteiger partial charge on any atom is -0.465 e. The fourth-order valence-corrected chi connectivity index (χ4v) is 2.51. The van der Waals surface area contributed by atoms with Gasteiger partial charge in [0.25, 0.3) is 0 Å². The summed E-state index contributed by atoms with van der Waals surface area (Å²) < 4.78 is 6.95. The summed E-state index contributed by atoms with van der Waals surface area (Å²) in [6, 6.07) is 12.4. The van der Waals surface area contributed by atoms with Gasteiger partial charge in [-0.2, -0.15) is 0 Å². The van der Waals surface area contributed by atoms with Gasteiger partial charge in [-0.15, -0.1) is 0 Å². The van der Waals surface area contributed by atoms with Crippen LogP contribution in [0.2, 0.25) is 0 Å². The van der Waals surface area contributed by atoms with Crippen LogP contribution in [0.25, 0.3) is 5.65 Å². The van der Waals surface area contributed by atoms with E-state index in [4.69, 9.17) is 9.84 Å². The van der Waals surface area contributed by atoms with E-state index in [-0.39, 0.29) is 11.5 Å². The van der Waals surface area contributed by atoms with Crippen LogP contribution in [0.5, 0.6) is 0 Å². The molecule has 130 valence electrons. The molecule has 1 aromatic carbocycles. The predicted molar refractivity (Wildman–Crippen MR) is 90.4 cm³/mol. The van der Waals surface area contributed by atoms with Gasteiger partial charge in [-0.1, -0.05) is 30.3 Å². The van der Waals surface area contributed by atoms with Crippen molar-refractivity contribution in [3.05, 3.63) is 70.5 Å². The van der Waals surface area contributed by atoms with Gasteiger partial charge < -0.3 is 15.2 Å². The van der Waals surface area contributed by atoms with Crippen molar-refractivity contribution in [3.63, 3.8) is 0 Å². The van der Waals surface area contributed by atoms with Gasteiger partial charge in [-0.25, -0.2) is 14.6 Å². The Balaban J connectivity index is 1.68. The highest BCUT2D eigenvalue weighted by Crippen LogP contribution is 2.13. The number of aromatic nitrogens is 3. The fourth-order valence-electron chi connectivity index (χ4n) is 2.51. The smallest absolute Gasteiger partial charge is 0.405 e. The largest absolute Gasteiger partial charge is 0.465 e. The number of ether oxygens (including phenoxy) is 1. The van der Waals surface area contributed by atoms with E-state index in [1.807, 2.05) is 30.3 Å². The minimum atomic E-state index is -1.19. The van der Waals surface area contributed by atoms with Crippen LogP contribution in [0, 0.1) is 0 Å². The number of hydrogen-bond acceptors (Lipinski definition) is 4. The van der Waals surface area contributed by atoms with E-state index in [2.05, 4.69) is 15.3 Å². The molecule has 2 aromatic heterocycles. The molecule has 25 heavy (non-hydrogen) atoms. The molecule has 0 spiro atoms. The van der Waals surface area contributed by atoms with Crippen molar-refractivity contribution in [1.82, 2.24) is 19.7 Å². The van der Waals surface area contributed by atoms with Crippen molar-refractivity contribution in [2.24, 2.45) is 0 Å². The maximum absolute atomic E-state index is 12.0. The number of nitrogens with zero attached hydrogens (tertiary/aromatic N) is 2. The minimum absolute atomic E-state index is 0.266. The van der Waals surface area contributed by atoms with E-state index in [9.17, 15) is 9.59 Å². The molecule has 0 fully saturated rings. The molecule has 0 bridgehead atoms. The lowest BCUT2D eigenvalue weighted by molar-refractivity contribution is 0.109. The van der Waals surface area contributed by atoms with E-state index >= 15 is 0 Å². The van der Waals surface area contributed by atoms with Crippen molar-refractivity contribution >= 4 is 11.7 Å². The topological polar surface area (TPSA) is 109 Å². The third-order valence-corrected chi connectivity index (χ3v) is 3.71. The number of hydrogen-bond donors (Lipinski definition) is 3. The Hall–Kier alpha value is -3.13. The molecule has 3 N–H and O–H groups in total. The molecule has 1 unspecified atom stereocenters. The lowest BCUT2D eigenvalue weighted by Gasteiger charge is -2.16. The molecule has 1 amide bonds. The molecule has 2 heterocycles. The Morgan fingerprint density at radius 2 is 2.08 bits per heavy atom. The number of rotatable bonds is 7. The molecular weight excluding hydrogens is 324 g/mol. The number of benzene rings is 1. The molecule has 3 aromatic rings. The third-order valence-electron chi connectivity index (χ3n) is 3.71. The van der Waals surface area contributed by atoms with Gasteiger partial charge in [0.2, 0.25) is 0 Å². The first-order valence-corrected chi connectivity index (χ1v) is 7.82. The molecule has 0 radical (unpaired) electrons. The maximum Gasteiger partial charge on any atom is 0.405 e. The highest BCUT2D eigenvalue weighted by molar-refractivity contribution is 5.65. The Morgan fingerprint density at radius 3 is 2.84 bits per heavy atom. The van der Waals surface area contributed by atoms with Crippen LogP contribution in [-0.4, -0.2) is 32.2 Å². The summed E-state index contributed by atoms with van der Waals surface area (Å²) in [6.07, 6.45) is 0.748. The maximum atomic E-state index is 12.0. The Morgan fingerprint density at radius 1 is 1.28 bits per heavy atom. The first-order chi connectivity index (χ1) is 12.1. The summed E-state index contributed by atoms with van der Waals surface area (Å²) in [5.41, 5.74) is 1.12. The number of H-pyrrole nitrogens is 1. The van der Waals surface area contributed by atoms with Gasteiger partial charge >= 0.3 is 11.8 Å². The van der Waals surface area contributed by atoms with E-state index in [0.717, 1.165) is 5.56 Å². The van der Waals surface area contributed by atoms with E-state index in [1.54, 1.807) is 18.3 Å². The van der Waals surface area contributed by atoms with Gasteiger partial charge in [-0.05, 0) is 24.1 Å². The standard InChI is InChI=1S/C17H18N4O4/c22-16-20-15(19-14-7-4-9-21(14)16)13(18-17(23)24)8-10-25-11-12-5-2-1-3-6-12/h1-7,9,13,18H,8,10-11H2,(H,23,24)(H,19,20,22). The first-order valence-electron chi connectivity index (χ1n) is 7.82. The second-order valence-corrected chi connectivity index (χ2v) is 5.49. The molecule has 1 atom stereocenters. The van der Waals surface area contributed by atoms with Crippen LogP contribution in [0.15, 0.2) is 53.5 Å². The zero-order valence-electron chi connectivity index (χ0n) is 13.4. The second-order valence-electron chi connectivity index (χ2n) is 5.49. The Kier molecular flexibility index (Phi) is 5.10. The zero-order valence-corrected chi connectivity index (χ0v) is 13.4. The van der Waals surface area contributed by atoms with Crippen molar-refractivity contribution in [2.75, 3.05) is 6.61 Å².